The Balaban J connectivity index is 2.34. The lowest BCUT2D eigenvalue weighted by molar-refractivity contribution is -0.122. The van der Waals surface area contributed by atoms with Crippen LogP contribution < -0.4 is 16.0 Å². The molecule has 3 N–H and O–H groups in total. The number of nitrogens with two attached hydrogens (primary N) is 1. The van der Waals surface area contributed by atoms with E-state index in [0.717, 1.165) is 12.2 Å². The molecule has 5 heteroatoms. The zero-order chi connectivity index (χ0) is 12.4. The van der Waals surface area contributed by atoms with E-state index < -0.39 is 0 Å². The molecule has 2 rings (SSSR count). The third-order valence-electron chi connectivity index (χ3n) is 2.99. The van der Waals surface area contributed by atoms with Gasteiger partial charge in [0.15, 0.2) is 0 Å². The number of nitrogen functional groups attached to an aromatic ring is 1. The number of nitriles is 1. The summed E-state index contributed by atoms with van der Waals surface area (Å²) >= 11 is 0. The Hall–Kier alpha value is -2.22. The van der Waals surface area contributed by atoms with Crippen LogP contribution in [0.1, 0.15) is 12.5 Å². The fraction of sp³-hybridized carbons (Fsp3) is 0.333. The first-order chi connectivity index (χ1) is 8.13. The molecule has 1 aliphatic rings. The van der Waals surface area contributed by atoms with Gasteiger partial charge in [0.25, 0.3) is 0 Å². The van der Waals surface area contributed by atoms with Gasteiger partial charge in [-0.25, -0.2) is 0 Å². The molecule has 1 amide bonds. The predicted octanol–water partition coefficient (Wildman–Crippen LogP) is 0.465. The van der Waals surface area contributed by atoms with E-state index in [2.05, 4.69) is 5.32 Å². The maximum Gasteiger partial charge on any atom is 0.242 e. The van der Waals surface area contributed by atoms with Crippen molar-refractivity contribution >= 4 is 17.3 Å². The molecule has 0 saturated carbocycles. The van der Waals surface area contributed by atoms with Crippen LogP contribution in [0.5, 0.6) is 0 Å². The Morgan fingerprint density at radius 1 is 1.59 bits per heavy atom. The number of rotatable bonds is 1. The van der Waals surface area contributed by atoms with Crippen molar-refractivity contribution in [1.29, 1.82) is 5.26 Å². The monoisotopic (exact) mass is 230 g/mol. The van der Waals surface area contributed by atoms with Crippen LogP contribution in [0.15, 0.2) is 18.2 Å². The quantitative estimate of drug-likeness (QED) is 0.687. The number of nitrogens with one attached hydrogen (secondary N) is 1. The van der Waals surface area contributed by atoms with Gasteiger partial charge in [-0.15, -0.1) is 0 Å². The summed E-state index contributed by atoms with van der Waals surface area (Å²) in [7, 11) is 0. The maximum atomic E-state index is 11.6. The molecule has 0 radical (unpaired) electrons. The molecule has 1 saturated heterocycles. The molecule has 1 aliphatic heterocycles. The van der Waals surface area contributed by atoms with E-state index in [1.807, 2.05) is 24.0 Å². The Morgan fingerprint density at radius 3 is 3.06 bits per heavy atom. The van der Waals surface area contributed by atoms with Gasteiger partial charge in [0, 0.05) is 24.5 Å². The molecule has 88 valence electrons. The summed E-state index contributed by atoms with van der Waals surface area (Å²) < 4.78 is 0. The number of piperazine rings is 1. The molecule has 1 unspecified atom stereocenters. The molecule has 1 aromatic carbocycles. The maximum absolute atomic E-state index is 11.6. The second-order valence-electron chi connectivity index (χ2n) is 4.04. The summed E-state index contributed by atoms with van der Waals surface area (Å²) in [5.74, 6) is 0.00610. The number of hydrogen-bond donors (Lipinski definition) is 2. The van der Waals surface area contributed by atoms with E-state index in [1.165, 1.54) is 0 Å². The lowest BCUT2D eigenvalue weighted by Gasteiger charge is -2.34. The van der Waals surface area contributed by atoms with Crippen LogP contribution in [0.2, 0.25) is 0 Å². The van der Waals surface area contributed by atoms with Crippen molar-refractivity contribution in [2.75, 3.05) is 23.7 Å². The van der Waals surface area contributed by atoms with Crippen molar-refractivity contribution in [2.24, 2.45) is 0 Å². The number of carbonyl (C=O) groups excluding carboxylic acids is 1. The Bertz CT molecular complexity index is 492. The highest BCUT2D eigenvalue weighted by Gasteiger charge is 2.25. The third kappa shape index (κ3) is 2.02. The van der Waals surface area contributed by atoms with Gasteiger partial charge < -0.3 is 16.0 Å². The summed E-state index contributed by atoms with van der Waals surface area (Å²) in [4.78, 5) is 13.5. The summed E-state index contributed by atoms with van der Waals surface area (Å²) in [6, 6.07) is 7.09. The standard InChI is InChI=1S/C12H14N4O/c1-8-12(17)15-4-5-16(8)10-2-3-11(14)9(6-10)7-13/h2-3,6,8H,4-5,14H2,1H3,(H,15,17). The SMILES string of the molecule is CC1C(=O)NCCN1c1ccc(N)c(C#N)c1. The van der Waals surface area contributed by atoms with Gasteiger partial charge in [-0.2, -0.15) is 5.26 Å². The number of nitrogens with zero attached hydrogens (tertiary/aromatic N) is 2. The van der Waals surface area contributed by atoms with Gasteiger partial charge >= 0.3 is 0 Å². The normalized spacial score (nSPS) is 19.6. The topological polar surface area (TPSA) is 82.2 Å². The van der Waals surface area contributed by atoms with Gasteiger partial charge in [0.2, 0.25) is 5.91 Å². The van der Waals surface area contributed by atoms with Crippen LogP contribution >= 0.6 is 0 Å². The average Bonchev–Trinajstić information content (AvgIpc) is 2.34. The second kappa shape index (κ2) is 4.34. The average molecular weight is 230 g/mol. The second-order valence-corrected chi connectivity index (χ2v) is 4.04. The number of anilines is 2. The molecular weight excluding hydrogens is 216 g/mol. The van der Waals surface area contributed by atoms with Crippen LogP contribution in [0.25, 0.3) is 0 Å². The summed E-state index contributed by atoms with van der Waals surface area (Å²) in [6.07, 6.45) is 0. The van der Waals surface area contributed by atoms with Crippen molar-refractivity contribution in [3.63, 3.8) is 0 Å². The van der Waals surface area contributed by atoms with E-state index in [1.54, 1.807) is 12.1 Å². The molecule has 1 fully saturated rings. The number of benzene rings is 1. The highest BCUT2D eigenvalue weighted by atomic mass is 16.2. The van der Waals surface area contributed by atoms with Crippen molar-refractivity contribution < 1.29 is 4.79 Å². The first kappa shape index (κ1) is 11.3. The number of amides is 1. The minimum Gasteiger partial charge on any atom is -0.398 e. The number of hydrogen-bond acceptors (Lipinski definition) is 4. The molecule has 1 atom stereocenters. The molecule has 1 heterocycles. The predicted molar refractivity (Wildman–Crippen MR) is 65.4 cm³/mol. The van der Waals surface area contributed by atoms with Crippen LogP contribution in [-0.4, -0.2) is 25.0 Å². The minimum absolute atomic E-state index is 0.00610. The van der Waals surface area contributed by atoms with Crippen LogP contribution in [0.4, 0.5) is 11.4 Å². The van der Waals surface area contributed by atoms with Gasteiger partial charge in [-0.05, 0) is 25.1 Å². The molecule has 0 aliphatic carbocycles. The van der Waals surface area contributed by atoms with Crippen LogP contribution in [0.3, 0.4) is 0 Å². The Labute approximate surface area is 99.8 Å². The van der Waals surface area contributed by atoms with Gasteiger partial charge in [0.05, 0.1) is 5.56 Å². The Morgan fingerprint density at radius 2 is 2.35 bits per heavy atom. The molecule has 1 aromatic rings. The van der Waals surface area contributed by atoms with Gasteiger partial charge in [0.1, 0.15) is 12.1 Å². The Kier molecular flexibility index (Phi) is 2.88. The van der Waals surface area contributed by atoms with Crippen molar-refractivity contribution in [1.82, 2.24) is 5.32 Å². The fourth-order valence-electron chi connectivity index (χ4n) is 1.95. The van der Waals surface area contributed by atoms with E-state index in [9.17, 15) is 4.79 Å². The molecule has 0 bridgehead atoms. The lowest BCUT2D eigenvalue weighted by Crippen LogP contribution is -2.54. The zero-order valence-corrected chi connectivity index (χ0v) is 9.60. The molecular formula is C12H14N4O. The smallest absolute Gasteiger partial charge is 0.242 e. The largest absolute Gasteiger partial charge is 0.398 e. The summed E-state index contributed by atoms with van der Waals surface area (Å²) in [5, 5.41) is 11.7. The number of carbonyl (C=O) groups is 1. The molecule has 0 spiro atoms. The summed E-state index contributed by atoms with van der Waals surface area (Å²) in [5.41, 5.74) is 7.44. The van der Waals surface area contributed by atoms with Gasteiger partial charge in [-0.3, -0.25) is 4.79 Å². The van der Waals surface area contributed by atoms with E-state index in [4.69, 9.17) is 11.0 Å². The van der Waals surface area contributed by atoms with E-state index in [0.29, 0.717) is 17.8 Å². The highest BCUT2D eigenvalue weighted by Crippen LogP contribution is 2.23. The highest BCUT2D eigenvalue weighted by molar-refractivity contribution is 5.86. The first-order valence-electron chi connectivity index (χ1n) is 5.47. The molecule has 0 aromatic heterocycles. The van der Waals surface area contributed by atoms with Crippen molar-refractivity contribution in [3.05, 3.63) is 23.8 Å². The molecule has 5 nitrogen and oxygen atoms in total. The van der Waals surface area contributed by atoms with Crippen molar-refractivity contribution in [2.45, 2.75) is 13.0 Å². The lowest BCUT2D eigenvalue weighted by atomic mass is 10.1. The molecule has 17 heavy (non-hydrogen) atoms. The van der Waals surface area contributed by atoms with Crippen LogP contribution in [-0.2, 0) is 4.79 Å². The van der Waals surface area contributed by atoms with E-state index in [-0.39, 0.29) is 11.9 Å². The van der Waals surface area contributed by atoms with Crippen LogP contribution in [0, 0.1) is 11.3 Å². The fourth-order valence-corrected chi connectivity index (χ4v) is 1.95. The summed E-state index contributed by atoms with van der Waals surface area (Å²) in [6.45, 7) is 3.20. The first-order valence-corrected chi connectivity index (χ1v) is 5.47. The minimum atomic E-state index is -0.223. The van der Waals surface area contributed by atoms with Gasteiger partial charge in [-0.1, -0.05) is 0 Å². The third-order valence-corrected chi connectivity index (χ3v) is 2.99. The van der Waals surface area contributed by atoms with Crippen molar-refractivity contribution in [3.8, 4) is 6.07 Å². The zero-order valence-electron chi connectivity index (χ0n) is 9.60. The van der Waals surface area contributed by atoms with E-state index >= 15 is 0 Å².